The highest BCUT2D eigenvalue weighted by molar-refractivity contribution is 5.86. The molecule has 2 unspecified atom stereocenters. The van der Waals surface area contributed by atoms with Crippen molar-refractivity contribution in [2.45, 2.75) is 89.5 Å². The van der Waals surface area contributed by atoms with Crippen molar-refractivity contribution in [2.75, 3.05) is 32.3 Å². The van der Waals surface area contributed by atoms with Gasteiger partial charge in [0.2, 0.25) is 0 Å². The Balaban J connectivity index is 0.000000711. The number of hydrogen-bond donors (Lipinski definition) is 2. The summed E-state index contributed by atoms with van der Waals surface area (Å²) in [5.41, 5.74) is 5.08. The van der Waals surface area contributed by atoms with Crippen LogP contribution in [-0.2, 0) is 25.5 Å². The fourth-order valence-corrected chi connectivity index (χ4v) is 5.91. The molecule has 1 aliphatic carbocycles. The van der Waals surface area contributed by atoms with Crippen LogP contribution in [0.3, 0.4) is 0 Å². The minimum atomic E-state index is -0.250. The number of aliphatic hydroxyl groups is 1. The second-order valence-corrected chi connectivity index (χ2v) is 10.2. The number of carbonyl (C=O) groups excluding carboxylic acids is 1. The molecule has 3 aliphatic rings. The van der Waals surface area contributed by atoms with Crippen LogP contribution in [0.15, 0.2) is 12.1 Å². The Kier molecular flexibility index (Phi) is 10.9. The number of aromatic nitrogens is 2. The summed E-state index contributed by atoms with van der Waals surface area (Å²) in [5.74, 6) is 1.26. The summed E-state index contributed by atoms with van der Waals surface area (Å²) in [6.07, 6.45) is 9.43. The van der Waals surface area contributed by atoms with Crippen LogP contribution in [0.1, 0.15) is 82.3 Å². The summed E-state index contributed by atoms with van der Waals surface area (Å²) in [6.45, 7) is 5.76. The van der Waals surface area contributed by atoms with E-state index < -0.39 is 0 Å². The lowest BCUT2D eigenvalue weighted by atomic mass is 9.86. The molecule has 1 aromatic carbocycles. The topological polar surface area (TPSA) is 114 Å². The van der Waals surface area contributed by atoms with Crippen molar-refractivity contribution in [3.63, 3.8) is 0 Å². The van der Waals surface area contributed by atoms with E-state index in [0.717, 1.165) is 89.3 Å². The number of ether oxygens (including phenoxy) is 2. The van der Waals surface area contributed by atoms with Gasteiger partial charge in [0.25, 0.3) is 6.47 Å². The SMILES string of the molecule is CC(OC1CCOCC1)c1nc2c3c(ccc2n1C1CCC(C=O)CC1)N(C)C(C)CC3.CO.O=CO. The van der Waals surface area contributed by atoms with Crippen molar-refractivity contribution in [1.29, 1.82) is 0 Å². The molecule has 9 heteroatoms. The highest BCUT2D eigenvalue weighted by atomic mass is 16.5. The standard InChI is InChI=1S/C26H37N3O3.CH2O2.CH4O/c1-17-4-9-22-23(28(17)3)10-11-24-25(22)27-26(18(2)32-21-12-14-31-15-13-21)29(24)20-7-5-19(16-30)6-8-20;2-1-3;1-2/h10-11,16-21H,4-9,12-15H2,1-3H3;1H,(H,2,3);2H,1H3. The van der Waals surface area contributed by atoms with E-state index in [-0.39, 0.29) is 24.6 Å². The van der Waals surface area contributed by atoms with Crippen LogP contribution < -0.4 is 4.90 Å². The van der Waals surface area contributed by atoms with Crippen LogP contribution in [0.2, 0.25) is 0 Å². The van der Waals surface area contributed by atoms with Crippen LogP contribution in [0.4, 0.5) is 5.69 Å². The molecule has 0 bridgehead atoms. The third kappa shape index (κ3) is 6.51. The van der Waals surface area contributed by atoms with E-state index in [1.807, 2.05) is 0 Å². The van der Waals surface area contributed by atoms with Crippen LogP contribution in [0.25, 0.3) is 11.0 Å². The Morgan fingerprint density at radius 2 is 1.73 bits per heavy atom. The number of benzene rings is 1. The molecule has 1 saturated carbocycles. The van der Waals surface area contributed by atoms with Crippen LogP contribution in [0, 0.1) is 5.92 Å². The Morgan fingerprint density at radius 1 is 1.08 bits per heavy atom. The number of aliphatic hydroxyl groups excluding tert-OH is 1. The molecule has 2 N–H and O–H groups in total. The molecule has 2 aliphatic heterocycles. The number of carboxylic acid groups (broad SMARTS) is 1. The van der Waals surface area contributed by atoms with E-state index in [9.17, 15) is 4.79 Å². The monoisotopic (exact) mass is 517 g/mol. The van der Waals surface area contributed by atoms with Gasteiger partial charge in [0.05, 0.1) is 17.1 Å². The van der Waals surface area contributed by atoms with E-state index in [1.165, 1.54) is 16.8 Å². The predicted octanol–water partition coefficient (Wildman–Crippen LogP) is 4.30. The predicted molar refractivity (Wildman–Crippen MR) is 143 cm³/mol. The Labute approximate surface area is 219 Å². The van der Waals surface area contributed by atoms with Crippen LogP contribution in [0.5, 0.6) is 0 Å². The first-order valence-electron chi connectivity index (χ1n) is 13.5. The molecular weight excluding hydrogens is 474 g/mol. The van der Waals surface area contributed by atoms with Crippen molar-refractivity contribution >= 4 is 29.5 Å². The zero-order chi connectivity index (χ0) is 26.9. The highest BCUT2D eigenvalue weighted by Gasteiger charge is 2.31. The average molecular weight is 518 g/mol. The lowest BCUT2D eigenvalue weighted by Crippen LogP contribution is -2.33. The number of anilines is 1. The number of aryl methyl sites for hydroxylation is 1. The molecule has 1 aromatic heterocycles. The van der Waals surface area contributed by atoms with E-state index in [2.05, 4.69) is 42.5 Å². The van der Waals surface area contributed by atoms with E-state index >= 15 is 0 Å². The van der Waals surface area contributed by atoms with Crippen molar-refractivity contribution < 1.29 is 29.3 Å². The molecule has 9 nitrogen and oxygen atoms in total. The van der Waals surface area contributed by atoms with Gasteiger partial charge >= 0.3 is 0 Å². The summed E-state index contributed by atoms with van der Waals surface area (Å²) < 4.78 is 14.5. The fourth-order valence-electron chi connectivity index (χ4n) is 5.91. The molecule has 0 radical (unpaired) electrons. The van der Waals surface area contributed by atoms with Crippen LogP contribution in [-0.4, -0.2) is 72.0 Å². The van der Waals surface area contributed by atoms with Gasteiger partial charge in [0.1, 0.15) is 18.2 Å². The minimum absolute atomic E-state index is 0.0646. The summed E-state index contributed by atoms with van der Waals surface area (Å²) >= 11 is 0. The van der Waals surface area contributed by atoms with Gasteiger partial charge in [0, 0.05) is 56.6 Å². The fraction of sp³-hybridized carbons (Fsp3) is 0.679. The summed E-state index contributed by atoms with van der Waals surface area (Å²) in [4.78, 5) is 27.4. The molecule has 2 aromatic rings. The maximum Gasteiger partial charge on any atom is 0.290 e. The molecule has 0 amide bonds. The molecular formula is C28H43N3O6. The number of nitrogens with zero attached hydrogens (tertiary/aromatic N) is 3. The van der Waals surface area contributed by atoms with E-state index in [0.29, 0.717) is 12.1 Å². The Hall–Kier alpha value is -2.49. The van der Waals surface area contributed by atoms with Gasteiger partial charge in [-0.2, -0.15) is 0 Å². The normalized spacial score (nSPS) is 24.7. The molecule has 2 atom stereocenters. The number of carbonyl (C=O) groups is 2. The Morgan fingerprint density at radius 3 is 2.35 bits per heavy atom. The lowest BCUT2D eigenvalue weighted by Gasteiger charge is -2.34. The average Bonchev–Trinajstić information content (AvgIpc) is 3.33. The van der Waals surface area contributed by atoms with Crippen molar-refractivity contribution in [3.8, 4) is 0 Å². The Bertz CT molecular complexity index is 1010. The molecule has 1 saturated heterocycles. The lowest BCUT2D eigenvalue weighted by molar-refractivity contribution is -0.122. The van der Waals surface area contributed by atoms with Crippen molar-refractivity contribution in [3.05, 3.63) is 23.5 Å². The zero-order valence-corrected chi connectivity index (χ0v) is 22.6. The number of aldehydes is 1. The summed E-state index contributed by atoms with van der Waals surface area (Å²) in [5, 5.41) is 13.9. The van der Waals surface area contributed by atoms with Gasteiger partial charge in [-0.05, 0) is 77.3 Å². The molecule has 3 heterocycles. The van der Waals surface area contributed by atoms with Gasteiger partial charge in [-0.1, -0.05) is 0 Å². The molecule has 37 heavy (non-hydrogen) atoms. The number of rotatable bonds is 5. The number of hydrogen-bond acceptors (Lipinski definition) is 7. The van der Waals surface area contributed by atoms with Crippen molar-refractivity contribution in [2.24, 2.45) is 5.92 Å². The van der Waals surface area contributed by atoms with Gasteiger partial charge in [-0.15, -0.1) is 0 Å². The maximum atomic E-state index is 11.3. The minimum Gasteiger partial charge on any atom is -0.483 e. The van der Waals surface area contributed by atoms with Gasteiger partial charge in [-0.3, -0.25) is 4.79 Å². The maximum absolute atomic E-state index is 11.3. The third-order valence-electron chi connectivity index (χ3n) is 8.05. The number of fused-ring (bicyclic) bond motifs is 3. The molecule has 5 rings (SSSR count). The van der Waals surface area contributed by atoms with Gasteiger partial charge in [0.15, 0.2) is 0 Å². The quantitative estimate of drug-likeness (QED) is 0.564. The first kappa shape index (κ1) is 29.1. The van der Waals surface area contributed by atoms with Gasteiger partial charge in [-0.25, -0.2) is 4.98 Å². The molecule has 206 valence electrons. The second kappa shape index (κ2) is 13.9. The number of imidazole rings is 1. The van der Waals surface area contributed by atoms with Crippen LogP contribution >= 0.6 is 0 Å². The third-order valence-corrected chi connectivity index (χ3v) is 8.05. The second-order valence-electron chi connectivity index (χ2n) is 10.2. The smallest absolute Gasteiger partial charge is 0.290 e. The highest BCUT2D eigenvalue weighted by Crippen LogP contribution is 2.41. The first-order valence-corrected chi connectivity index (χ1v) is 13.5. The zero-order valence-electron chi connectivity index (χ0n) is 22.6. The van der Waals surface area contributed by atoms with Crippen molar-refractivity contribution in [1.82, 2.24) is 9.55 Å². The van der Waals surface area contributed by atoms with E-state index in [1.54, 1.807) is 0 Å². The molecule has 0 spiro atoms. The molecule has 2 fully saturated rings. The largest absolute Gasteiger partial charge is 0.483 e. The summed E-state index contributed by atoms with van der Waals surface area (Å²) in [7, 11) is 3.20. The first-order chi connectivity index (χ1) is 18.0. The van der Waals surface area contributed by atoms with E-state index in [4.69, 9.17) is 29.5 Å². The van der Waals surface area contributed by atoms with Gasteiger partial charge < -0.3 is 33.9 Å². The summed E-state index contributed by atoms with van der Waals surface area (Å²) in [6, 6.07) is 5.49.